The summed E-state index contributed by atoms with van der Waals surface area (Å²) in [5, 5.41) is 0. The minimum Gasteiger partial charge on any atom is -0.368 e. The third-order valence-electron chi connectivity index (χ3n) is 0.687. The molecule has 1 aromatic heterocycles. The fourth-order valence-electron chi connectivity index (χ4n) is 0.427. The molecule has 0 unspecified atom stereocenters. The monoisotopic (exact) mass is 310 g/mol. The van der Waals surface area contributed by atoms with Crippen molar-refractivity contribution >= 4 is 17.8 Å². The summed E-state index contributed by atoms with van der Waals surface area (Å²) in [6.07, 6.45) is 0. The first-order valence-electron chi connectivity index (χ1n) is 2.21. The Hall–Kier alpha value is -0.902. The van der Waals surface area contributed by atoms with Crippen LogP contribution in [0.1, 0.15) is 0 Å². The molecule has 0 aromatic carbocycles. The van der Waals surface area contributed by atoms with Crippen LogP contribution in [0, 0.1) is 0 Å². The molecule has 6 N–H and O–H groups in total. The molecule has 0 aliphatic carbocycles. The summed E-state index contributed by atoms with van der Waals surface area (Å²) in [7, 11) is 0. The molecule has 0 aliphatic rings. The van der Waals surface area contributed by atoms with E-state index >= 15 is 0 Å². The summed E-state index contributed by atoms with van der Waals surface area (Å²) in [4.78, 5) is 10.5. The van der Waals surface area contributed by atoms with Crippen molar-refractivity contribution in [1.29, 1.82) is 0 Å². The van der Waals surface area contributed by atoms with Gasteiger partial charge in [0.15, 0.2) is 0 Å². The molecule has 0 atom stereocenters. The Morgan fingerprint density at radius 3 is 1.10 bits per heavy atom. The van der Waals surface area contributed by atoms with Gasteiger partial charge < -0.3 is 17.2 Å². The van der Waals surface area contributed by atoms with E-state index in [-0.39, 0.29) is 38.9 Å². The molecule has 0 amide bonds. The van der Waals surface area contributed by atoms with Gasteiger partial charge in [0.05, 0.1) is 0 Å². The van der Waals surface area contributed by atoms with Crippen LogP contribution in [0.4, 0.5) is 17.8 Å². The number of nitrogens with two attached hydrogens (primary N) is 3. The van der Waals surface area contributed by atoms with E-state index in [0.717, 1.165) is 0 Å². The molecule has 1 heterocycles. The number of hydrogen-bond acceptors (Lipinski definition) is 6. The van der Waals surface area contributed by atoms with Gasteiger partial charge in [0.1, 0.15) is 0 Å². The van der Waals surface area contributed by atoms with Crippen LogP contribution in [0.5, 0.6) is 0 Å². The number of anilines is 3. The molecule has 0 fully saturated rings. The summed E-state index contributed by atoms with van der Waals surface area (Å²) in [6, 6.07) is 0. The zero-order chi connectivity index (χ0) is 6.85. The molecule has 0 spiro atoms. The molecule has 1 rings (SSSR count). The molecule has 7 heteroatoms. The van der Waals surface area contributed by atoms with E-state index in [1.165, 1.54) is 0 Å². The largest absolute Gasteiger partial charge is 0.368 e. The van der Waals surface area contributed by atoms with Crippen LogP contribution in [0.15, 0.2) is 0 Å². The first kappa shape index (κ1) is 9.10. The van der Waals surface area contributed by atoms with Crippen molar-refractivity contribution in [2.45, 2.75) is 0 Å². The van der Waals surface area contributed by atoms with E-state index in [1.807, 2.05) is 0 Å². The molecule has 0 bridgehead atoms. The van der Waals surface area contributed by atoms with Gasteiger partial charge in [-0.3, -0.25) is 0 Å². The average molecular weight is 310 g/mol. The summed E-state index contributed by atoms with van der Waals surface area (Å²) in [5.41, 5.74) is 15.4. The van der Waals surface area contributed by atoms with E-state index in [4.69, 9.17) is 17.2 Å². The number of rotatable bonds is 0. The number of aromatic nitrogens is 3. The Morgan fingerprint density at radius 2 is 0.900 bits per heavy atom. The van der Waals surface area contributed by atoms with Crippen LogP contribution in [-0.4, -0.2) is 15.0 Å². The van der Waals surface area contributed by atoms with Gasteiger partial charge >= 0.3 is 0 Å². The smallest absolute Gasteiger partial charge is 0.226 e. The van der Waals surface area contributed by atoms with E-state index in [9.17, 15) is 0 Å². The second kappa shape index (κ2) is 3.31. The van der Waals surface area contributed by atoms with Gasteiger partial charge in [-0.2, -0.15) is 15.0 Å². The molecular weight excluding hydrogens is 304 g/mol. The quantitative estimate of drug-likeness (QED) is 0.543. The first-order valence-corrected chi connectivity index (χ1v) is 2.21. The van der Waals surface area contributed by atoms with Gasteiger partial charge in [0.2, 0.25) is 17.8 Å². The molecule has 54 valence electrons. The van der Waals surface area contributed by atoms with Crippen LogP contribution in [0.25, 0.3) is 0 Å². The van der Waals surface area contributed by atoms with Crippen molar-refractivity contribution in [2.24, 2.45) is 0 Å². The second-order valence-electron chi connectivity index (χ2n) is 1.41. The summed E-state index contributed by atoms with van der Waals surface area (Å²) in [5.74, 6) is 0.125. The number of nitrogen functional groups attached to an aromatic ring is 3. The zero-order valence-electron chi connectivity index (χ0n) is 4.98. The molecule has 10 heavy (non-hydrogen) atoms. The van der Waals surface area contributed by atoms with Crippen molar-refractivity contribution < 1.29 is 21.1 Å². The molecule has 0 saturated heterocycles. The van der Waals surface area contributed by atoms with Crippen LogP contribution in [-0.2, 0) is 21.1 Å². The van der Waals surface area contributed by atoms with E-state index in [0.29, 0.717) is 0 Å². The maximum atomic E-state index is 5.14. The normalized spacial score (nSPS) is 8.40. The van der Waals surface area contributed by atoms with E-state index in [2.05, 4.69) is 15.0 Å². The van der Waals surface area contributed by atoms with Gasteiger partial charge in [-0.25, -0.2) is 0 Å². The van der Waals surface area contributed by atoms with E-state index < -0.39 is 0 Å². The Kier molecular flexibility index (Phi) is 3.01. The van der Waals surface area contributed by atoms with Gasteiger partial charge in [0, 0.05) is 21.1 Å². The maximum Gasteiger partial charge on any atom is 0.226 e. The molecule has 6 nitrogen and oxygen atoms in total. The molecule has 0 saturated carbocycles. The van der Waals surface area contributed by atoms with Crippen LogP contribution in [0.2, 0.25) is 0 Å². The van der Waals surface area contributed by atoms with E-state index in [1.54, 1.807) is 0 Å². The molecular formula is C3H6N6W. The van der Waals surface area contributed by atoms with Gasteiger partial charge in [0.25, 0.3) is 0 Å². The minimum absolute atomic E-state index is 0. The Balaban J connectivity index is 0.000000810. The molecule has 0 aliphatic heterocycles. The topological polar surface area (TPSA) is 117 Å². The fourth-order valence-corrected chi connectivity index (χ4v) is 0.427. The zero-order valence-corrected chi connectivity index (χ0v) is 7.92. The van der Waals surface area contributed by atoms with Gasteiger partial charge in [-0.15, -0.1) is 0 Å². The summed E-state index contributed by atoms with van der Waals surface area (Å²) < 4.78 is 0. The third kappa shape index (κ3) is 2.14. The maximum absolute atomic E-state index is 5.14. The molecule has 1 aromatic rings. The van der Waals surface area contributed by atoms with Gasteiger partial charge in [-0.05, 0) is 0 Å². The van der Waals surface area contributed by atoms with Crippen molar-refractivity contribution in [2.75, 3.05) is 17.2 Å². The predicted octanol–water partition coefficient (Wildman–Crippen LogP) is -1.38. The van der Waals surface area contributed by atoms with Gasteiger partial charge in [-0.1, -0.05) is 0 Å². The van der Waals surface area contributed by atoms with Crippen LogP contribution in [0.3, 0.4) is 0 Å². The van der Waals surface area contributed by atoms with Crippen molar-refractivity contribution in [3.8, 4) is 0 Å². The van der Waals surface area contributed by atoms with Crippen molar-refractivity contribution in [3.63, 3.8) is 0 Å². The SMILES string of the molecule is Nc1nc(N)nc(N)n1.[W]. The predicted molar refractivity (Wildman–Crippen MR) is 33.1 cm³/mol. The fraction of sp³-hybridized carbons (Fsp3) is 0. The molecule has 0 radical (unpaired) electrons. The van der Waals surface area contributed by atoms with Crippen molar-refractivity contribution in [1.82, 2.24) is 15.0 Å². The number of hydrogen-bond donors (Lipinski definition) is 3. The second-order valence-corrected chi connectivity index (χ2v) is 1.41. The Labute approximate surface area is 71.5 Å². The minimum atomic E-state index is 0. The Morgan fingerprint density at radius 1 is 0.700 bits per heavy atom. The summed E-state index contributed by atoms with van der Waals surface area (Å²) in [6.45, 7) is 0. The number of nitrogens with zero attached hydrogens (tertiary/aromatic N) is 3. The standard InChI is InChI=1S/C3H6N6.W/c4-1-7-2(5)9-3(6)8-1;/h(H6,4,5,6,7,8,9);. The summed E-state index contributed by atoms with van der Waals surface area (Å²) >= 11 is 0. The average Bonchev–Trinajstić information content (AvgIpc) is 1.59. The van der Waals surface area contributed by atoms with Crippen LogP contribution < -0.4 is 17.2 Å². The first-order chi connectivity index (χ1) is 4.18. The van der Waals surface area contributed by atoms with Crippen molar-refractivity contribution in [3.05, 3.63) is 0 Å². The third-order valence-corrected chi connectivity index (χ3v) is 0.687. The Bertz CT molecular complexity index is 174. The van der Waals surface area contributed by atoms with Crippen LogP contribution >= 0.6 is 0 Å².